The van der Waals surface area contributed by atoms with Crippen LogP contribution in [0.2, 0.25) is 5.02 Å². The van der Waals surface area contributed by atoms with Crippen LogP contribution in [0.3, 0.4) is 0 Å². The van der Waals surface area contributed by atoms with Gasteiger partial charge in [-0.2, -0.15) is 0 Å². The molecule has 7 nitrogen and oxygen atoms in total. The molecular formula is C23H25ClN2O5S. The van der Waals surface area contributed by atoms with E-state index in [0.717, 1.165) is 10.7 Å². The van der Waals surface area contributed by atoms with Crippen LogP contribution in [0.25, 0.3) is 0 Å². The Morgan fingerprint density at radius 1 is 1.19 bits per heavy atom. The summed E-state index contributed by atoms with van der Waals surface area (Å²) in [6, 6.07) is 7.10. The van der Waals surface area contributed by atoms with Crippen molar-refractivity contribution in [3.63, 3.8) is 0 Å². The van der Waals surface area contributed by atoms with Gasteiger partial charge in [0, 0.05) is 27.7 Å². The Bertz CT molecular complexity index is 1060. The van der Waals surface area contributed by atoms with E-state index < -0.39 is 23.8 Å². The molecule has 0 fully saturated rings. The summed E-state index contributed by atoms with van der Waals surface area (Å²) in [5.74, 6) is -2.60. The number of aliphatic imine (C=N–C) groups is 1. The highest BCUT2D eigenvalue weighted by molar-refractivity contribution is 7.09. The molecule has 0 saturated carbocycles. The molecule has 170 valence electrons. The van der Waals surface area contributed by atoms with Crippen LogP contribution in [-0.4, -0.2) is 43.0 Å². The predicted molar refractivity (Wildman–Crippen MR) is 123 cm³/mol. The molecule has 0 saturated heterocycles. The number of aryl methyl sites for hydroxylation is 1. The monoisotopic (exact) mass is 476 g/mol. The molecule has 9 heteroatoms. The number of carbonyl (C=O) groups excluding carboxylic acids is 2. The Kier molecular flexibility index (Phi) is 8.17. The Hall–Kier alpha value is -2.55. The quantitative estimate of drug-likeness (QED) is 0.522. The molecular weight excluding hydrogens is 452 g/mol. The highest BCUT2D eigenvalue weighted by Gasteiger charge is 2.43. The van der Waals surface area contributed by atoms with Crippen LogP contribution in [0.5, 0.6) is 0 Å². The predicted octanol–water partition coefficient (Wildman–Crippen LogP) is 4.49. The molecule has 1 aliphatic heterocycles. The number of methoxy groups -OCH3 is 1. The van der Waals surface area contributed by atoms with Crippen molar-refractivity contribution in [3.05, 3.63) is 62.2 Å². The van der Waals surface area contributed by atoms with E-state index in [9.17, 15) is 9.59 Å². The summed E-state index contributed by atoms with van der Waals surface area (Å²) >= 11 is 8.00. The van der Waals surface area contributed by atoms with E-state index in [2.05, 4.69) is 9.98 Å². The molecule has 0 spiro atoms. The lowest BCUT2D eigenvalue weighted by Crippen LogP contribution is -2.37. The molecule has 1 aliphatic rings. The van der Waals surface area contributed by atoms with Crippen molar-refractivity contribution in [1.29, 1.82) is 0 Å². The zero-order valence-corrected chi connectivity index (χ0v) is 20.0. The van der Waals surface area contributed by atoms with Crippen molar-refractivity contribution in [2.24, 2.45) is 10.9 Å². The first-order valence-electron chi connectivity index (χ1n) is 10.1. The first-order valence-corrected chi connectivity index (χ1v) is 11.4. The molecule has 3 rings (SSSR count). The summed E-state index contributed by atoms with van der Waals surface area (Å²) < 4.78 is 16.2. The van der Waals surface area contributed by atoms with Gasteiger partial charge in [0.15, 0.2) is 0 Å². The van der Waals surface area contributed by atoms with E-state index in [1.807, 2.05) is 12.3 Å². The second-order valence-electron chi connectivity index (χ2n) is 7.21. The molecule has 0 N–H and O–H groups in total. The highest BCUT2D eigenvalue weighted by Crippen LogP contribution is 2.42. The third kappa shape index (κ3) is 5.26. The van der Waals surface area contributed by atoms with E-state index in [1.165, 1.54) is 18.4 Å². The van der Waals surface area contributed by atoms with E-state index in [1.54, 1.807) is 38.1 Å². The molecule has 2 heterocycles. The largest absolute Gasteiger partial charge is 0.468 e. The van der Waals surface area contributed by atoms with Gasteiger partial charge < -0.3 is 14.2 Å². The van der Waals surface area contributed by atoms with Crippen molar-refractivity contribution < 1.29 is 23.8 Å². The Balaban J connectivity index is 2.06. The van der Waals surface area contributed by atoms with Gasteiger partial charge in [0.25, 0.3) is 0 Å². The summed E-state index contributed by atoms with van der Waals surface area (Å²) in [4.78, 5) is 34.8. The average molecular weight is 477 g/mol. The van der Waals surface area contributed by atoms with Crippen molar-refractivity contribution in [3.8, 4) is 0 Å². The van der Waals surface area contributed by atoms with E-state index in [-0.39, 0.29) is 25.4 Å². The molecule has 2 atom stereocenters. The third-order valence-corrected chi connectivity index (χ3v) is 6.32. The highest BCUT2D eigenvalue weighted by atomic mass is 35.5. The lowest BCUT2D eigenvalue weighted by Gasteiger charge is -2.32. The maximum absolute atomic E-state index is 13.1. The lowest BCUT2D eigenvalue weighted by atomic mass is 9.75. The van der Waals surface area contributed by atoms with Gasteiger partial charge in [-0.1, -0.05) is 29.8 Å². The fourth-order valence-electron chi connectivity index (χ4n) is 3.69. The number of carbonyl (C=O) groups is 2. The standard InChI is InChI=1S/C23H25ClN2O5S/c1-5-31-23(28)21-17(10-30-11-18-25-13(2)12-32-18)26-14(3)19(22(27)29-4)20(21)15-8-6-7-9-16(15)24/h6-9,12,19-20H,5,10-11H2,1-4H3. The number of hydrogen-bond donors (Lipinski definition) is 0. The summed E-state index contributed by atoms with van der Waals surface area (Å²) in [6.07, 6.45) is 0. The van der Waals surface area contributed by atoms with Crippen LogP contribution >= 0.6 is 22.9 Å². The van der Waals surface area contributed by atoms with Crippen LogP contribution in [-0.2, 0) is 30.4 Å². The molecule has 0 radical (unpaired) electrons. The van der Waals surface area contributed by atoms with Gasteiger partial charge >= 0.3 is 11.9 Å². The second kappa shape index (κ2) is 10.8. The third-order valence-electron chi connectivity index (χ3n) is 5.04. The zero-order valence-electron chi connectivity index (χ0n) is 18.4. The molecule has 1 aromatic heterocycles. The number of esters is 2. The number of nitrogens with zero attached hydrogens (tertiary/aromatic N) is 2. The van der Waals surface area contributed by atoms with Crippen LogP contribution in [0.4, 0.5) is 0 Å². The van der Waals surface area contributed by atoms with E-state index in [0.29, 0.717) is 22.0 Å². The van der Waals surface area contributed by atoms with Gasteiger partial charge in [-0.05, 0) is 32.4 Å². The number of benzene rings is 1. The maximum Gasteiger partial charge on any atom is 0.336 e. The Morgan fingerprint density at radius 2 is 1.94 bits per heavy atom. The van der Waals surface area contributed by atoms with Gasteiger partial charge in [0.1, 0.15) is 10.9 Å². The van der Waals surface area contributed by atoms with Crippen LogP contribution in [0.15, 0.2) is 45.9 Å². The van der Waals surface area contributed by atoms with Gasteiger partial charge in [-0.3, -0.25) is 9.79 Å². The minimum atomic E-state index is -0.815. The maximum atomic E-state index is 13.1. The summed E-state index contributed by atoms with van der Waals surface area (Å²) in [5, 5.41) is 3.20. The number of hydrogen-bond acceptors (Lipinski definition) is 8. The molecule has 2 aromatic rings. The SMILES string of the molecule is CCOC(=O)C1=C(COCc2nc(C)cs2)N=C(C)C(C(=O)OC)C1c1ccccc1Cl. The van der Waals surface area contributed by atoms with Gasteiger partial charge in [-0.25, -0.2) is 9.78 Å². The zero-order chi connectivity index (χ0) is 23.3. The van der Waals surface area contributed by atoms with Crippen molar-refractivity contribution >= 4 is 40.6 Å². The summed E-state index contributed by atoms with van der Waals surface area (Å²) in [6.45, 7) is 5.88. The summed E-state index contributed by atoms with van der Waals surface area (Å²) in [5.41, 5.74) is 2.70. The molecule has 2 unspecified atom stereocenters. The Morgan fingerprint density at radius 3 is 2.56 bits per heavy atom. The fourth-order valence-corrected chi connectivity index (χ4v) is 4.65. The van der Waals surface area contributed by atoms with Crippen LogP contribution < -0.4 is 0 Å². The molecule has 1 aromatic carbocycles. The minimum Gasteiger partial charge on any atom is -0.468 e. The number of rotatable bonds is 8. The number of aromatic nitrogens is 1. The topological polar surface area (TPSA) is 87.1 Å². The van der Waals surface area contributed by atoms with Crippen LogP contribution in [0, 0.1) is 12.8 Å². The molecule has 0 amide bonds. The van der Waals surface area contributed by atoms with Crippen molar-refractivity contribution in [2.75, 3.05) is 20.3 Å². The van der Waals surface area contributed by atoms with Gasteiger partial charge in [-0.15, -0.1) is 11.3 Å². The van der Waals surface area contributed by atoms with Crippen molar-refractivity contribution in [1.82, 2.24) is 4.98 Å². The number of ether oxygens (including phenoxy) is 3. The fraction of sp³-hybridized carbons (Fsp3) is 0.391. The lowest BCUT2D eigenvalue weighted by molar-refractivity contribution is -0.144. The normalized spacial score (nSPS) is 18.3. The second-order valence-corrected chi connectivity index (χ2v) is 8.56. The number of halogens is 1. The first-order chi connectivity index (χ1) is 15.4. The molecule has 0 bridgehead atoms. The van der Waals surface area contributed by atoms with Crippen LogP contribution in [0.1, 0.15) is 36.0 Å². The van der Waals surface area contributed by atoms with E-state index >= 15 is 0 Å². The molecule has 0 aliphatic carbocycles. The average Bonchev–Trinajstić information content (AvgIpc) is 3.18. The Labute approximate surface area is 196 Å². The van der Waals surface area contributed by atoms with Crippen molar-refractivity contribution in [2.45, 2.75) is 33.3 Å². The minimum absolute atomic E-state index is 0.0545. The molecule has 32 heavy (non-hydrogen) atoms. The van der Waals surface area contributed by atoms with E-state index in [4.69, 9.17) is 25.8 Å². The number of thiazole rings is 1. The first kappa shape index (κ1) is 24.1. The van der Waals surface area contributed by atoms with Gasteiger partial charge in [0.05, 0.1) is 38.2 Å². The van der Waals surface area contributed by atoms with Gasteiger partial charge in [0.2, 0.25) is 0 Å². The smallest absolute Gasteiger partial charge is 0.336 e. The summed E-state index contributed by atoms with van der Waals surface area (Å²) in [7, 11) is 1.31.